The molecule has 4 saturated heterocycles. The first-order valence-corrected chi connectivity index (χ1v) is 9.91. The van der Waals surface area contributed by atoms with Crippen LogP contribution in [0.3, 0.4) is 0 Å². The lowest BCUT2D eigenvalue weighted by Gasteiger charge is -2.58. The zero-order chi connectivity index (χ0) is 18.8. The van der Waals surface area contributed by atoms with Gasteiger partial charge in [-0.15, -0.1) is 0 Å². The first kappa shape index (κ1) is 17.6. The summed E-state index contributed by atoms with van der Waals surface area (Å²) in [6.07, 6.45) is 3.31. The van der Waals surface area contributed by atoms with Crippen LogP contribution in [0.4, 0.5) is 4.39 Å². The molecule has 5 fully saturated rings. The van der Waals surface area contributed by atoms with Crippen molar-refractivity contribution in [2.45, 2.75) is 63.6 Å². The maximum atomic E-state index is 13.3. The van der Waals surface area contributed by atoms with Gasteiger partial charge in [0.05, 0.1) is 5.92 Å². The van der Waals surface area contributed by atoms with Gasteiger partial charge < -0.3 is 9.47 Å². The molecule has 0 unspecified atom stereocenters. The number of carbonyl (C=O) groups excluding carboxylic acids is 1. The fraction of sp³-hybridized carbons (Fsp3) is 0.667. The van der Waals surface area contributed by atoms with Crippen LogP contribution in [0, 0.1) is 29.5 Å². The monoisotopic (exact) mass is 376 g/mol. The molecular formula is C21H25FO5. The third-order valence-electron chi connectivity index (χ3n) is 7.16. The first-order chi connectivity index (χ1) is 12.9. The van der Waals surface area contributed by atoms with Crippen LogP contribution >= 0.6 is 0 Å². The molecule has 0 N–H and O–H groups in total. The van der Waals surface area contributed by atoms with Crippen LogP contribution in [-0.4, -0.2) is 23.6 Å². The summed E-state index contributed by atoms with van der Waals surface area (Å²) >= 11 is 0. The van der Waals surface area contributed by atoms with Gasteiger partial charge in [-0.3, -0.25) is 4.79 Å². The van der Waals surface area contributed by atoms with E-state index in [-0.39, 0.29) is 29.5 Å². The number of halogens is 1. The summed E-state index contributed by atoms with van der Waals surface area (Å²) in [6, 6.07) is 6.32. The molecule has 2 bridgehead atoms. The fourth-order valence-corrected chi connectivity index (χ4v) is 5.72. The number of carbonyl (C=O) groups is 1. The molecule has 5 nitrogen and oxygen atoms in total. The van der Waals surface area contributed by atoms with Gasteiger partial charge in [0.15, 0.2) is 5.60 Å². The van der Waals surface area contributed by atoms with Crippen molar-refractivity contribution in [2.75, 3.05) is 0 Å². The highest BCUT2D eigenvalue weighted by molar-refractivity contribution is 5.75. The molecule has 1 aromatic rings. The summed E-state index contributed by atoms with van der Waals surface area (Å²) < 4.78 is 25.2. The van der Waals surface area contributed by atoms with Crippen molar-refractivity contribution in [2.24, 2.45) is 23.7 Å². The van der Waals surface area contributed by atoms with Crippen LogP contribution in [0.25, 0.3) is 0 Å². The zero-order valence-corrected chi connectivity index (χ0v) is 15.7. The van der Waals surface area contributed by atoms with Crippen LogP contribution in [0.1, 0.15) is 45.1 Å². The standard InChI is InChI=1S/C21H25FO5/c1-12-3-8-17-15(11-13-4-6-14(22)7-5-13)18(23)24-19-21(17)16(12)9-10-20(2,25-19)26-27-21/h4-7,12,15-17,19H,3,8-11H2,1-2H3/t12-,15+,16+,17+,19-,20-,21-/m1/s1. The maximum Gasteiger partial charge on any atom is 0.312 e. The third-order valence-corrected chi connectivity index (χ3v) is 7.16. The van der Waals surface area contributed by atoms with Gasteiger partial charge in [0.25, 0.3) is 0 Å². The Balaban J connectivity index is 1.53. The molecule has 27 heavy (non-hydrogen) atoms. The van der Waals surface area contributed by atoms with Gasteiger partial charge in [0.2, 0.25) is 12.1 Å². The van der Waals surface area contributed by atoms with Crippen LogP contribution in [0.2, 0.25) is 0 Å². The quantitative estimate of drug-likeness (QED) is 0.581. The molecule has 7 atom stereocenters. The Labute approximate surface area is 158 Å². The summed E-state index contributed by atoms with van der Waals surface area (Å²) in [4.78, 5) is 24.7. The second-order valence-corrected chi connectivity index (χ2v) is 8.78. The highest BCUT2D eigenvalue weighted by Crippen LogP contribution is 2.60. The predicted molar refractivity (Wildman–Crippen MR) is 92.5 cm³/mol. The lowest BCUT2D eigenvalue weighted by Crippen LogP contribution is -2.70. The largest absolute Gasteiger partial charge is 0.432 e. The van der Waals surface area contributed by atoms with Crippen molar-refractivity contribution < 1.29 is 28.4 Å². The molecule has 0 amide bonds. The molecule has 4 aliphatic heterocycles. The normalized spacial score (nSPS) is 45.7. The minimum absolute atomic E-state index is 0.0438. The number of hydrogen-bond donors (Lipinski definition) is 0. The number of esters is 1. The Morgan fingerprint density at radius 3 is 2.67 bits per heavy atom. The Kier molecular flexibility index (Phi) is 3.91. The number of benzene rings is 1. The van der Waals surface area contributed by atoms with E-state index >= 15 is 0 Å². The summed E-state index contributed by atoms with van der Waals surface area (Å²) in [6.45, 7) is 4.08. The summed E-state index contributed by atoms with van der Waals surface area (Å²) in [5.41, 5.74) is 0.159. The average molecular weight is 376 g/mol. The van der Waals surface area contributed by atoms with E-state index in [1.54, 1.807) is 12.1 Å². The minimum Gasteiger partial charge on any atom is -0.432 e. The van der Waals surface area contributed by atoms with E-state index in [0.29, 0.717) is 18.8 Å². The van der Waals surface area contributed by atoms with Crippen molar-refractivity contribution in [3.05, 3.63) is 35.6 Å². The van der Waals surface area contributed by atoms with Gasteiger partial charge in [0, 0.05) is 18.3 Å². The molecule has 1 aliphatic carbocycles. The topological polar surface area (TPSA) is 54.0 Å². The lowest BCUT2D eigenvalue weighted by molar-refractivity contribution is -0.559. The van der Waals surface area contributed by atoms with Crippen LogP contribution < -0.4 is 0 Å². The number of fused-ring (bicyclic) bond motifs is 2. The number of ether oxygens (including phenoxy) is 2. The van der Waals surface area contributed by atoms with E-state index in [1.165, 1.54) is 12.1 Å². The molecule has 6 rings (SSSR count). The van der Waals surface area contributed by atoms with E-state index in [9.17, 15) is 9.18 Å². The smallest absolute Gasteiger partial charge is 0.312 e. The van der Waals surface area contributed by atoms with Crippen molar-refractivity contribution in [3.63, 3.8) is 0 Å². The van der Waals surface area contributed by atoms with Gasteiger partial charge in [-0.2, -0.15) is 0 Å². The van der Waals surface area contributed by atoms with Crippen LogP contribution in [0.5, 0.6) is 0 Å². The summed E-state index contributed by atoms with van der Waals surface area (Å²) in [5.74, 6) is -1.14. The molecule has 1 aromatic carbocycles. The zero-order valence-electron chi connectivity index (χ0n) is 15.7. The molecule has 146 valence electrons. The van der Waals surface area contributed by atoms with Crippen molar-refractivity contribution in [3.8, 4) is 0 Å². The van der Waals surface area contributed by atoms with E-state index in [1.807, 2.05) is 6.92 Å². The highest BCUT2D eigenvalue weighted by Gasteiger charge is 2.70. The van der Waals surface area contributed by atoms with Gasteiger partial charge >= 0.3 is 5.97 Å². The van der Waals surface area contributed by atoms with Crippen molar-refractivity contribution in [1.29, 1.82) is 0 Å². The van der Waals surface area contributed by atoms with Gasteiger partial charge in [0.1, 0.15) is 5.82 Å². The Hall–Kier alpha value is -1.50. The molecular weight excluding hydrogens is 351 g/mol. The van der Waals surface area contributed by atoms with Crippen LogP contribution in [0.15, 0.2) is 24.3 Å². The lowest BCUT2D eigenvalue weighted by atomic mass is 9.57. The minimum atomic E-state index is -0.873. The summed E-state index contributed by atoms with van der Waals surface area (Å²) in [7, 11) is 0. The molecule has 0 aromatic heterocycles. The SMILES string of the molecule is C[C@@H]1CC[C@H]2[C@H](Cc3ccc(F)cc3)C(=O)O[C@@H]3O[C@@]4(C)CC[C@@H]1[C@]32OO4. The van der Waals surface area contributed by atoms with Gasteiger partial charge in [-0.1, -0.05) is 19.1 Å². The summed E-state index contributed by atoms with van der Waals surface area (Å²) in [5, 5.41) is 0. The Morgan fingerprint density at radius 2 is 1.89 bits per heavy atom. The van der Waals surface area contributed by atoms with Crippen LogP contribution in [-0.2, 0) is 30.5 Å². The molecule has 6 heteroatoms. The second-order valence-electron chi connectivity index (χ2n) is 8.78. The molecule has 5 aliphatic rings. The third kappa shape index (κ3) is 2.57. The molecule has 1 spiro atoms. The number of rotatable bonds is 2. The van der Waals surface area contributed by atoms with E-state index in [2.05, 4.69) is 6.92 Å². The predicted octanol–water partition coefficient (Wildman–Crippen LogP) is 3.76. The van der Waals surface area contributed by atoms with Crippen molar-refractivity contribution >= 4 is 5.97 Å². The Morgan fingerprint density at radius 1 is 1.11 bits per heavy atom. The highest BCUT2D eigenvalue weighted by atomic mass is 19.1. The van der Waals surface area contributed by atoms with E-state index in [0.717, 1.165) is 24.8 Å². The number of hydrogen-bond acceptors (Lipinski definition) is 5. The second kappa shape index (κ2) is 6.00. The van der Waals surface area contributed by atoms with Crippen molar-refractivity contribution in [1.82, 2.24) is 0 Å². The average Bonchev–Trinajstić information content (AvgIpc) is 2.87. The maximum absolute atomic E-state index is 13.3. The van der Waals surface area contributed by atoms with Gasteiger partial charge in [-0.25, -0.2) is 14.2 Å². The molecule has 1 saturated carbocycles. The molecule has 0 radical (unpaired) electrons. The Bertz CT molecular complexity index is 751. The first-order valence-electron chi connectivity index (χ1n) is 9.91. The van der Waals surface area contributed by atoms with E-state index < -0.39 is 17.7 Å². The van der Waals surface area contributed by atoms with Gasteiger partial charge in [-0.05, 0) is 56.2 Å². The van der Waals surface area contributed by atoms with E-state index in [4.69, 9.17) is 19.2 Å². The fourth-order valence-electron chi connectivity index (χ4n) is 5.72. The molecule has 4 heterocycles.